The topological polar surface area (TPSA) is 61.9 Å². The number of nitrogens with zero attached hydrogens (tertiary/aromatic N) is 2. The molecule has 112 valence electrons. The fourth-order valence-corrected chi connectivity index (χ4v) is 2.75. The number of nitrogens with one attached hydrogen (secondary N) is 1. The van der Waals surface area contributed by atoms with Crippen molar-refractivity contribution in [2.45, 2.75) is 12.5 Å². The van der Waals surface area contributed by atoms with Gasteiger partial charge < -0.3 is 9.64 Å². The van der Waals surface area contributed by atoms with E-state index >= 15 is 0 Å². The molecule has 0 aliphatic carbocycles. The van der Waals surface area contributed by atoms with Gasteiger partial charge in [0, 0.05) is 45.7 Å². The van der Waals surface area contributed by atoms with Crippen LogP contribution in [0.4, 0.5) is 11.4 Å². The van der Waals surface area contributed by atoms with E-state index in [4.69, 9.17) is 4.74 Å². The van der Waals surface area contributed by atoms with Crippen LogP contribution in [0.1, 0.15) is 6.42 Å². The van der Waals surface area contributed by atoms with Gasteiger partial charge in [0.05, 0.1) is 6.10 Å². The van der Waals surface area contributed by atoms with Crippen molar-refractivity contribution in [2.24, 2.45) is 0 Å². The summed E-state index contributed by atoms with van der Waals surface area (Å²) >= 11 is 0. The molecule has 0 saturated carbocycles. The van der Waals surface area contributed by atoms with Gasteiger partial charge in [-0.1, -0.05) is 0 Å². The molecule has 1 atom stereocenters. The zero-order chi connectivity index (χ0) is 14.8. The molecule has 0 bridgehead atoms. The molecule has 0 radical (unpaired) electrons. The molecule has 2 rings (SSSR count). The van der Waals surface area contributed by atoms with Gasteiger partial charge in [-0.2, -0.15) is 12.7 Å². The van der Waals surface area contributed by atoms with Gasteiger partial charge in [-0.15, -0.1) is 0 Å². The van der Waals surface area contributed by atoms with Gasteiger partial charge in [-0.25, -0.2) is 0 Å². The number of ether oxygens (including phenoxy) is 1. The molecule has 1 N–H and O–H groups in total. The van der Waals surface area contributed by atoms with Gasteiger partial charge >= 0.3 is 10.2 Å². The third-order valence-electron chi connectivity index (χ3n) is 3.44. The van der Waals surface area contributed by atoms with Crippen LogP contribution in [0.3, 0.4) is 0 Å². The Morgan fingerprint density at radius 3 is 2.45 bits per heavy atom. The second-order valence-corrected chi connectivity index (χ2v) is 6.91. The number of hydrogen-bond acceptors (Lipinski definition) is 4. The van der Waals surface area contributed by atoms with Gasteiger partial charge in [0.25, 0.3) is 0 Å². The molecular formula is C13H21N3O3S. The fourth-order valence-electron chi connectivity index (χ4n) is 2.14. The van der Waals surface area contributed by atoms with E-state index in [1.165, 1.54) is 14.1 Å². The van der Waals surface area contributed by atoms with Crippen molar-refractivity contribution in [1.29, 1.82) is 0 Å². The Kier molecular flexibility index (Phi) is 4.52. The zero-order valence-corrected chi connectivity index (χ0v) is 12.9. The monoisotopic (exact) mass is 299 g/mol. The van der Waals surface area contributed by atoms with Crippen molar-refractivity contribution < 1.29 is 13.2 Å². The molecule has 1 saturated heterocycles. The first-order valence-corrected chi connectivity index (χ1v) is 7.94. The zero-order valence-electron chi connectivity index (χ0n) is 12.0. The predicted molar refractivity (Wildman–Crippen MR) is 80.3 cm³/mol. The third-order valence-corrected chi connectivity index (χ3v) is 4.89. The lowest BCUT2D eigenvalue weighted by molar-refractivity contribution is 0.121. The lowest BCUT2D eigenvalue weighted by Gasteiger charge is -2.19. The maximum atomic E-state index is 11.7. The number of benzene rings is 1. The van der Waals surface area contributed by atoms with Crippen molar-refractivity contribution >= 4 is 21.6 Å². The van der Waals surface area contributed by atoms with Crippen molar-refractivity contribution in [1.82, 2.24) is 4.31 Å². The summed E-state index contributed by atoms with van der Waals surface area (Å²) in [5.74, 6) is 0. The van der Waals surface area contributed by atoms with Crippen LogP contribution in [-0.4, -0.2) is 53.1 Å². The van der Waals surface area contributed by atoms with Crippen LogP contribution >= 0.6 is 0 Å². The summed E-state index contributed by atoms with van der Waals surface area (Å²) in [7, 11) is 1.27. The fraction of sp³-hybridized carbons (Fsp3) is 0.538. The second kappa shape index (κ2) is 5.99. The van der Waals surface area contributed by atoms with Crippen LogP contribution in [-0.2, 0) is 14.9 Å². The molecule has 1 unspecified atom stereocenters. The first kappa shape index (κ1) is 15.1. The van der Waals surface area contributed by atoms with Crippen molar-refractivity contribution in [3.05, 3.63) is 24.3 Å². The highest BCUT2D eigenvalue weighted by atomic mass is 32.2. The van der Waals surface area contributed by atoms with E-state index in [1.54, 1.807) is 19.2 Å². The summed E-state index contributed by atoms with van der Waals surface area (Å²) in [5, 5.41) is 0. The summed E-state index contributed by atoms with van der Waals surface area (Å²) in [6.07, 6.45) is 1.30. The van der Waals surface area contributed by atoms with Crippen LogP contribution in [0.5, 0.6) is 0 Å². The van der Waals surface area contributed by atoms with Crippen molar-refractivity contribution in [3.63, 3.8) is 0 Å². The smallest absolute Gasteiger partial charge is 0.301 e. The summed E-state index contributed by atoms with van der Waals surface area (Å²) in [6.45, 7) is 1.83. The normalized spacial score (nSPS) is 19.6. The van der Waals surface area contributed by atoms with E-state index in [2.05, 4.69) is 9.62 Å². The van der Waals surface area contributed by atoms with E-state index in [1.807, 2.05) is 12.1 Å². The highest BCUT2D eigenvalue weighted by molar-refractivity contribution is 7.90. The van der Waals surface area contributed by atoms with Gasteiger partial charge in [0.1, 0.15) is 0 Å². The number of methoxy groups -OCH3 is 1. The number of anilines is 2. The van der Waals surface area contributed by atoms with Crippen LogP contribution in [0.2, 0.25) is 0 Å². The van der Waals surface area contributed by atoms with E-state index in [9.17, 15) is 8.42 Å². The lowest BCUT2D eigenvalue weighted by Crippen LogP contribution is -2.29. The van der Waals surface area contributed by atoms with Crippen LogP contribution in [0, 0.1) is 0 Å². The van der Waals surface area contributed by atoms with E-state index in [-0.39, 0.29) is 6.10 Å². The lowest BCUT2D eigenvalue weighted by atomic mass is 10.2. The first-order chi connectivity index (χ1) is 9.42. The molecule has 0 spiro atoms. The van der Waals surface area contributed by atoms with E-state index in [0.717, 1.165) is 29.5 Å². The van der Waals surface area contributed by atoms with E-state index < -0.39 is 10.2 Å². The molecule has 1 aliphatic heterocycles. The van der Waals surface area contributed by atoms with Gasteiger partial charge in [-0.05, 0) is 30.7 Å². The van der Waals surface area contributed by atoms with Gasteiger partial charge in [0.15, 0.2) is 0 Å². The average Bonchev–Trinajstić information content (AvgIpc) is 2.88. The molecule has 1 heterocycles. The molecule has 1 aromatic carbocycles. The highest BCUT2D eigenvalue weighted by Crippen LogP contribution is 2.23. The summed E-state index contributed by atoms with van der Waals surface area (Å²) in [5.41, 5.74) is 1.64. The summed E-state index contributed by atoms with van der Waals surface area (Å²) < 4.78 is 32.4. The number of rotatable bonds is 5. The standard InChI is InChI=1S/C13H21N3O3S/c1-15(2)20(17,18)14-11-4-6-12(7-5-11)16-9-8-13(10-16)19-3/h4-7,13-14H,8-10H2,1-3H3. The molecule has 0 aromatic heterocycles. The molecule has 0 amide bonds. The molecule has 1 aliphatic rings. The van der Waals surface area contributed by atoms with Gasteiger partial charge in [0.2, 0.25) is 0 Å². The van der Waals surface area contributed by atoms with Crippen molar-refractivity contribution in [2.75, 3.05) is 43.9 Å². The molecule has 7 heteroatoms. The van der Waals surface area contributed by atoms with Crippen LogP contribution in [0.15, 0.2) is 24.3 Å². The van der Waals surface area contributed by atoms with E-state index in [0.29, 0.717) is 5.69 Å². The Bertz CT molecular complexity index is 542. The Hall–Kier alpha value is -1.31. The summed E-state index contributed by atoms with van der Waals surface area (Å²) in [6, 6.07) is 7.39. The second-order valence-electron chi connectivity index (χ2n) is 5.03. The summed E-state index contributed by atoms with van der Waals surface area (Å²) in [4.78, 5) is 2.23. The maximum absolute atomic E-state index is 11.7. The predicted octanol–water partition coefficient (Wildman–Crippen LogP) is 1.13. The Labute approximate surface area is 120 Å². The van der Waals surface area contributed by atoms with Gasteiger partial charge in [-0.3, -0.25) is 4.72 Å². The Morgan fingerprint density at radius 2 is 1.95 bits per heavy atom. The highest BCUT2D eigenvalue weighted by Gasteiger charge is 2.22. The SMILES string of the molecule is COC1CCN(c2ccc(NS(=O)(=O)N(C)C)cc2)C1. The third kappa shape index (κ3) is 3.41. The maximum Gasteiger partial charge on any atom is 0.301 e. The van der Waals surface area contributed by atoms with Crippen LogP contribution < -0.4 is 9.62 Å². The minimum atomic E-state index is -3.45. The molecule has 6 nitrogen and oxygen atoms in total. The van der Waals surface area contributed by atoms with Crippen molar-refractivity contribution in [3.8, 4) is 0 Å². The largest absolute Gasteiger partial charge is 0.380 e. The minimum absolute atomic E-state index is 0.280. The first-order valence-electron chi connectivity index (χ1n) is 6.50. The molecule has 20 heavy (non-hydrogen) atoms. The quantitative estimate of drug-likeness (QED) is 0.885. The Morgan fingerprint density at radius 1 is 1.30 bits per heavy atom. The minimum Gasteiger partial charge on any atom is -0.380 e. The Balaban J connectivity index is 2.04. The molecular weight excluding hydrogens is 278 g/mol. The van der Waals surface area contributed by atoms with Crippen LogP contribution in [0.25, 0.3) is 0 Å². The molecule has 1 aromatic rings. The molecule has 1 fully saturated rings. The average molecular weight is 299 g/mol. The number of hydrogen-bond donors (Lipinski definition) is 1.